The molecule has 1 N–H and O–H groups in total. The zero-order valence-electron chi connectivity index (χ0n) is 20.1. The predicted octanol–water partition coefficient (Wildman–Crippen LogP) is 6.30. The molecule has 1 aliphatic heterocycles. The standard InChI is InChI=1S/C29H23ClF2N2O4/c30-20-8-13-25(35)24(15-20)29(37)38-16-26(36)34-28(18-6-11-22(32)12-7-18)23-3-1-2-19(27(23)33-34)14-17-4-9-21(31)10-5-17/h4-15,23,28,35H,1-3,16H2/b19-14-/t23-,28+/m1/s1. The van der Waals surface area contributed by atoms with Crippen LogP contribution in [0.15, 0.2) is 77.4 Å². The number of amides is 1. The lowest BCUT2D eigenvalue weighted by molar-refractivity contribution is -0.137. The van der Waals surface area contributed by atoms with Gasteiger partial charge in [0, 0.05) is 10.9 Å². The molecule has 1 fully saturated rings. The summed E-state index contributed by atoms with van der Waals surface area (Å²) in [5.41, 5.74) is 3.00. The number of rotatable bonds is 5. The molecular formula is C29H23ClF2N2O4. The predicted molar refractivity (Wildman–Crippen MR) is 139 cm³/mol. The average Bonchev–Trinajstić information content (AvgIpc) is 3.31. The lowest BCUT2D eigenvalue weighted by Crippen LogP contribution is -2.34. The summed E-state index contributed by atoms with van der Waals surface area (Å²) in [4.78, 5) is 25.9. The fourth-order valence-electron chi connectivity index (χ4n) is 4.90. The van der Waals surface area contributed by atoms with Crippen LogP contribution in [0.4, 0.5) is 8.78 Å². The van der Waals surface area contributed by atoms with Crippen molar-refractivity contribution in [2.24, 2.45) is 11.0 Å². The van der Waals surface area contributed by atoms with Crippen LogP contribution < -0.4 is 0 Å². The number of carbonyl (C=O) groups excluding carboxylic acids is 2. The van der Waals surface area contributed by atoms with Gasteiger partial charge in [0.2, 0.25) is 0 Å². The minimum atomic E-state index is -0.905. The van der Waals surface area contributed by atoms with Gasteiger partial charge in [0.15, 0.2) is 6.61 Å². The molecule has 1 amide bonds. The average molecular weight is 537 g/mol. The fourth-order valence-corrected chi connectivity index (χ4v) is 5.08. The number of hydrazone groups is 1. The van der Waals surface area contributed by atoms with Crippen molar-refractivity contribution >= 4 is 35.3 Å². The van der Waals surface area contributed by atoms with Crippen molar-refractivity contribution < 1.29 is 28.2 Å². The van der Waals surface area contributed by atoms with Crippen molar-refractivity contribution in [1.82, 2.24) is 5.01 Å². The molecule has 2 aliphatic rings. The van der Waals surface area contributed by atoms with Crippen LogP contribution in [0.3, 0.4) is 0 Å². The van der Waals surface area contributed by atoms with Gasteiger partial charge in [-0.25, -0.2) is 18.6 Å². The second-order valence-electron chi connectivity index (χ2n) is 9.18. The third-order valence-corrected chi connectivity index (χ3v) is 6.92. The Kier molecular flexibility index (Phi) is 7.24. The van der Waals surface area contributed by atoms with Crippen molar-refractivity contribution in [3.63, 3.8) is 0 Å². The van der Waals surface area contributed by atoms with Crippen LogP contribution in [0.5, 0.6) is 5.75 Å². The fraction of sp³-hybridized carbons (Fsp3) is 0.207. The van der Waals surface area contributed by atoms with Gasteiger partial charge in [0.1, 0.15) is 22.9 Å². The third kappa shape index (κ3) is 5.31. The van der Waals surface area contributed by atoms with Gasteiger partial charge in [-0.1, -0.05) is 35.9 Å². The molecule has 6 nitrogen and oxygen atoms in total. The quantitative estimate of drug-likeness (QED) is 0.388. The van der Waals surface area contributed by atoms with Crippen molar-refractivity contribution in [1.29, 1.82) is 0 Å². The Bertz CT molecular complexity index is 1440. The van der Waals surface area contributed by atoms with Crippen LogP contribution in [0.2, 0.25) is 5.02 Å². The van der Waals surface area contributed by atoms with Gasteiger partial charge in [-0.15, -0.1) is 0 Å². The molecule has 2 atom stereocenters. The summed E-state index contributed by atoms with van der Waals surface area (Å²) in [7, 11) is 0. The zero-order valence-corrected chi connectivity index (χ0v) is 20.9. The number of phenolic OH excluding ortho intramolecular Hbond substituents is 1. The van der Waals surface area contributed by atoms with E-state index < -0.39 is 30.3 Å². The van der Waals surface area contributed by atoms with Crippen LogP contribution in [0, 0.1) is 17.6 Å². The highest BCUT2D eigenvalue weighted by Crippen LogP contribution is 2.44. The van der Waals surface area contributed by atoms with Crippen LogP contribution in [0.25, 0.3) is 6.08 Å². The number of hydrogen-bond donors (Lipinski definition) is 1. The number of nitrogens with zero attached hydrogens (tertiary/aromatic N) is 2. The molecule has 1 aliphatic carbocycles. The third-order valence-electron chi connectivity index (χ3n) is 6.68. The van der Waals surface area contributed by atoms with Gasteiger partial charge in [0.05, 0.1) is 11.8 Å². The number of carbonyl (C=O) groups is 2. The van der Waals surface area contributed by atoms with Crippen molar-refractivity contribution in [3.05, 3.63) is 106 Å². The number of fused-ring (bicyclic) bond motifs is 1. The number of phenols is 1. The number of hydrogen-bond acceptors (Lipinski definition) is 5. The van der Waals surface area contributed by atoms with E-state index in [1.807, 2.05) is 6.08 Å². The Morgan fingerprint density at radius 3 is 2.45 bits per heavy atom. The van der Waals surface area contributed by atoms with E-state index in [-0.39, 0.29) is 28.1 Å². The molecule has 0 saturated heterocycles. The molecule has 3 aromatic rings. The summed E-state index contributed by atoms with van der Waals surface area (Å²) in [6.07, 6.45) is 4.26. The highest BCUT2D eigenvalue weighted by Gasteiger charge is 2.44. The number of allylic oxidation sites excluding steroid dienone is 1. The van der Waals surface area contributed by atoms with Gasteiger partial charge in [0.25, 0.3) is 5.91 Å². The largest absolute Gasteiger partial charge is 0.507 e. The number of ether oxygens (including phenoxy) is 1. The molecule has 5 rings (SSSR count). The van der Waals surface area contributed by atoms with Gasteiger partial charge in [-0.05, 0) is 84.5 Å². The van der Waals surface area contributed by atoms with E-state index >= 15 is 0 Å². The van der Waals surface area contributed by atoms with E-state index in [1.165, 1.54) is 47.5 Å². The van der Waals surface area contributed by atoms with Crippen LogP contribution >= 0.6 is 11.6 Å². The second-order valence-corrected chi connectivity index (χ2v) is 9.61. The first-order valence-electron chi connectivity index (χ1n) is 12.1. The first kappa shape index (κ1) is 25.6. The van der Waals surface area contributed by atoms with E-state index in [2.05, 4.69) is 5.10 Å². The topological polar surface area (TPSA) is 79.2 Å². The molecule has 9 heteroatoms. The monoisotopic (exact) mass is 536 g/mol. The maximum Gasteiger partial charge on any atom is 0.342 e. The minimum Gasteiger partial charge on any atom is -0.507 e. The molecule has 3 aromatic carbocycles. The first-order valence-corrected chi connectivity index (χ1v) is 12.5. The molecular weight excluding hydrogens is 514 g/mol. The van der Waals surface area contributed by atoms with Crippen LogP contribution in [0.1, 0.15) is 46.8 Å². The first-order chi connectivity index (χ1) is 18.3. The van der Waals surface area contributed by atoms with Crippen LogP contribution in [-0.4, -0.2) is 34.3 Å². The summed E-state index contributed by atoms with van der Waals surface area (Å²) in [5, 5.41) is 16.2. The number of halogens is 3. The molecule has 0 unspecified atom stereocenters. The maximum absolute atomic E-state index is 13.7. The van der Waals surface area contributed by atoms with E-state index in [4.69, 9.17) is 16.3 Å². The van der Waals surface area contributed by atoms with E-state index in [9.17, 15) is 23.5 Å². The molecule has 0 bridgehead atoms. The van der Waals surface area contributed by atoms with Gasteiger partial charge >= 0.3 is 5.97 Å². The van der Waals surface area contributed by atoms with Crippen molar-refractivity contribution in [2.75, 3.05) is 6.61 Å². The highest BCUT2D eigenvalue weighted by molar-refractivity contribution is 6.31. The summed E-state index contributed by atoms with van der Waals surface area (Å²) in [6.45, 7) is -0.622. The lowest BCUT2D eigenvalue weighted by Gasteiger charge is -2.29. The smallest absolute Gasteiger partial charge is 0.342 e. The van der Waals surface area contributed by atoms with Gasteiger partial charge in [-0.2, -0.15) is 5.10 Å². The van der Waals surface area contributed by atoms with Gasteiger partial charge in [-0.3, -0.25) is 4.79 Å². The molecule has 194 valence electrons. The Labute approximate surface area is 222 Å². The second kappa shape index (κ2) is 10.8. The molecule has 38 heavy (non-hydrogen) atoms. The number of benzene rings is 3. The Morgan fingerprint density at radius 1 is 1.05 bits per heavy atom. The summed E-state index contributed by atoms with van der Waals surface area (Å²) in [5.74, 6) is -2.69. The van der Waals surface area contributed by atoms with E-state index in [1.54, 1.807) is 24.3 Å². The normalized spacial score (nSPS) is 19.7. The summed E-state index contributed by atoms with van der Waals surface area (Å²) >= 11 is 5.91. The van der Waals surface area contributed by atoms with Crippen LogP contribution in [-0.2, 0) is 9.53 Å². The number of aromatic hydroxyl groups is 1. The molecule has 1 saturated carbocycles. The molecule has 0 radical (unpaired) electrons. The van der Waals surface area contributed by atoms with Crippen molar-refractivity contribution in [3.8, 4) is 5.75 Å². The highest BCUT2D eigenvalue weighted by atomic mass is 35.5. The molecule has 0 spiro atoms. The Hall–Kier alpha value is -4.04. The lowest BCUT2D eigenvalue weighted by atomic mass is 9.77. The Morgan fingerprint density at radius 2 is 1.74 bits per heavy atom. The van der Waals surface area contributed by atoms with E-state index in [0.29, 0.717) is 5.56 Å². The molecule has 1 heterocycles. The summed E-state index contributed by atoms with van der Waals surface area (Å²) in [6, 6.07) is 15.4. The number of esters is 1. The molecule has 0 aromatic heterocycles. The maximum atomic E-state index is 13.7. The zero-order chi connectivity index (χ0) is 26.8. The van der Waals surface area contributed by atoms with Crippen molar-refractivity contribution in [2.45, 2.75) is 25.3 Å². The Balaban J connectivity index is 1.44. The van der Waals surface area contributed by atoms with E-state index in [0.717, 1.165) is 36.1 Å². The SMILES string of the molecule is O=C(OCC(=O)N1N=C2/C(=C\c3ccc(F)cc3)CCC[C@H]2[C@@H]1c1ccc(F)cc1)c1cc(Cl)ccc1O. The summed E-state index contributed by atoms with van der Waals surface area (Å²) < 4.78 is 32.3. The van der Waals surface area contributed by atoms with Gasteiger partial charge < -0.3 is 9.84 Å². The minimum absolute atomic E-state index is 0.155.